The van der Waals surface area contributed by atoms with Crippen molar-refractivity contribution < 1.29 is 17.9 Å². The van der Waals surface area contributed by atoms with Crippen LogP contribution in [0.3, 0.4) is 0 Å². The topological polar surface area (TPSA) is 64.6 Å². The molecule has 0 amide bonds. The Kier molecular flexibility index (Phi) is 6.98. The fourth-order valence-corrected chi connectivity index (χ4v) is 2.41. The first-order valence-electron chi connectivity index (χ1n) is 7.02. The molecule has 1 aromatic rings. The Bertz CT molecular complexity index is 541. The van der Waals surface area contributed by atoms with Crippen LogP contribution < -0.4 is 14.8 Å². The van der Waals surface area contributed by atoms with Crippen molar-refractivity contribution in [1.29, 1.82) is 0 Å². The maximum absolute atomic E-state index is 11.1. The van der Waals surface area contributed by atoms with Crippen molar-refractivity contribution in [3.05, 3.63) is 23.8 Å². The summed E-state index contributed by atoms with van der Waals surface area (Å²) < 4.78 is 33.1. The Labute approximate surface area is 127 Å². The van der Waals surface area contributed by atoms with E-state index in [0.29, 0.717) is 30.6 Å². The van der Waals surface area contributed by atoms with E-state index in [2.05, 4.69) is 19.2 Å². The average Bonchev–Trinajstić information content (AvgIpc) is 2.40. The van der Waals surface area contributed by atoms with Crippen LogP contribution in [0.5, 0.6) is 11.5 Å². The third-order valence-corrected chi connectivity index (χ3v) is 3.89. The number of benzene rings is 1. The average molecular weight is 315 g/mol. The van der Waals surface area contributed by atoms with Gasteiger partial charge in [0.05, 0.1) is 19.5 Å². The normalized spacial score (nSPS) is 11.7. The summed E-state index contributed by atoms with van der Waals surface area (Å²) >= 11 is 0. The lowest BCUT2D eigenvalue weighted by Crippen LogP contribution is -2.21. The summed E-state index contributed by atoms with van der Waals surface area (Å²) in [6.45, 7) is 5.28. The highest BCUT2D eigenvalue weighted by molar-refractivity contribution is 7.90. The molecule has 0 aliphatic heterocycles. The molecule has 0 atom stereocenters. The largest absolute Gasteiger partial charge is 0.493 e. The lowest BCUT2D eigenvalue weighted by molar-refractivity contribution is 0.294. The van der Waals surface area contributed by atoms with Gasteiger partial charge < -0.3 is 14.8 Å². The van der Waals surface area contributed by atoms with E-state index < -0.39 is 9.84 Å². The molecule has 0 fully saturated rings. The predicted molar refractivity (Wildman–Crippen MR) is 84.8 cm³/mol. The number of sulfone groups is 1. The van der Waals surface area contributed by atoms with Gasteiger partial charge in [0.25, 0.3) is 0 Å². The minimum atomic E-state index is -2.94. The van der Waals surface area contributed by atoms with E-state index in [1.165, 1.54) is 6.26 Å². The first-order valence-corrected chi connectivity index (χ1v) is 9.08. The predicted octanol–water partition coefficient (Wildman–Crippen LogP) is 2.01. The fourth-order valence-electron chi connectivity index (χ4n) is 1.77. The van der Waals surface area contributed by atoms with Gasteiger partial charge in [-0.05, 0) is 24.1 Å². The highest BCUT2D eigenvalue weighted by atomic mass is 32.2. The number of nitrogens with one attached hydrogen (secondary N) is 1. The van der Waals surface area contributed by atoms with Crippen LogP contribution in [-0.2, 0) is 16.4 Å². The number of ether oxygens (including phenoxy) is 2. The van der Waals surface area contributed by atoms with Crippen molar-refractivity contribution in [2.45, 2.75) is 32.9 Å². The van der Waals surface area contributed by atoms with Crippen LogP contribution in [-0.4, -0.2) is 40.2 Å². The molecule has 1 rings (SSSR count). The molecule has 5 nitrogen and oxygen atoms in total. The molecule has 0 radical (unpaired) electrons. The zero-order valence-electron chi connectivity index (χ0n) is 13.2. The van der Waals surface area contributed by atoms with Gasteiger partial charge in [-0.25, -0.2) is 8.42 Å². The van der Waals surface area contributed by atoms with Crippen molar-refractivity contribution in [3.63, 3.8) is 0 Å². The van der Waals surface area contributed by atoms with Gasteiger partial charge in [0, 0.05) is 18.8 Å². The number of methoxy groups -OCH3 is 1. The Balaban J connectivity index is 2.63. The molecule has 6 heteroatoms. The molecule has 120 valence electrons. The Morgan fingerprint density at radius 3 is 2.52 bits per heavy atom. The molecule has 0 saturated carbocycles. The van der Waals surface area contributed by atoms with E-state index in [-0.39, 0.29) is 5.75 Å². The van der Waals surface area contributed by atoms with Crippen molar-refractivity contribution in [1.82, 2.24) is 5.32 Å². The zero-order chi connectivity index (χ0) is 15.9. The van der Waals surface area contributed by atoms with Gasteiger partial charge in [0.15, 0.2) is 11.5 Å². The van der Waals surface area contributed by atoms with Crippen LogP contribution in [0.25, 0.3) is 0 Å². The van der Waals surface area contributed by atoms with E-state index in [1.54, 1.807) is 7.11 Å². The summed E-state index contributed by atoms with van der Waals surface area (Å²) in [6.07, 6.45) is 1.70. The van der Waals surface area contributed by atoms with E-state index >= 15 is 0 Å². The molecule has 1 N–H and O–H groups in total. The molecular weight excluding hydrogens is 290 g/mol. The second kappa shape index (κ2) is 8.24. The first-order chi connectivity index (χ1) is 9.81. The van der Waals surface area contributed by atoms with Gasteiger partial charge in [0.1, 0.15) is 9.84 Å². The second-order valence-electron chi connectivity index (χ2n) is 5.35. The molecular formula is C15H25NO4S. The van der Waals surface area contributed by atoms with Crippen molar-refractivity contribution in [3.8, 4) is 11.5 Å². The van der Waals surface area contributed by atoms with Gasteiger partial charge in [-0.1, -0.05) is 19.9 Å². The lowest BCUT2D eigenvalue weighted by Gasteiger charge is -2.13. The zero-order valence-corrected chi connectivity index (χ0v) is 14.0. The smallest absolute Gasteiger partial charge is 0.161 e. The Morgan fingerprint density at radius 2 is 1.95 bits per heavy atom. The standard InChI is InChI=1S/C15H25NO4S/c1-12(2)16-11-13-6-7-14(19-3)15(10-13)20-8-5-9-21(4,17)18/h6-7,10,12,16H,5,8-9,11H2,1-4H3. The van der Waals surface area contributed by atoms with Gasteiger partial charge in [0.2, 0.25) is 0 Å². The van der Waals surface area contributed by atoms with Crippen LogP contribution in [0.2, 0.25) is 0 Å². The summed E-state index contributed by atoms with van der Waals surface area (Å²) in [7, 11) is -1.35. The summed E-state index contributed by atoms with van der Waals surface area (Å²) in [5.41, 5.74) is 1.10. The Hall–Kier alpha value is -1.27. The summed E-state index contributed by atoms with van der Waals surface area (Å²) in [4.78, 5) is 0. The third-order valence-electron chi connectivity index (χ3n) is 2.86. The quantitative estimate of drug-likeness (QED) is 0.706. The van der Waals surface area contributed by atoms with Gasteiger partial charge in [-0.3, -0.25) is 0 Å². The molecule has 21 heavy (non-hydrogen) atoms. The Morgan fingerprint density at radius 1 is 1.24 bits per heavy atom. The highest BCUT2D eigenvalue weighted by Gasteiger charge is 2.07. The first kappa shape index (κ1) is 17.8. The van der Waals surface area contributed by atoms with Crippen molar-refractivity contribution in [2.75, 3.05) is 25.7 Å². The SMILES string of the molecule is COc1ccc(CNC(C)C)cc1OCCCS(C)(=O)=O. The number of hydrogen-bond donors (Lipinski definition) is 1. The monoisotopic (exact) mass is 315 g/mol. The van der Waals surface area contributed by atoms with Crippen LogP contribution in [0.15, 0.2) is 18.2 Å². The maximum Gasteiger partial charge on any atom is 0.161 e. The van der Waals surface area contributed by atoms with Crippen LogP contribution in [0.4, 0.5) is 0 Å². The summed E-state index contributed by atoms with van der Waals surface area (Å²) in [5, 5.41) is 3.34. The molecule has 0 spiro atoms. The van der Waals surface area contributed by atoms with Crippen LogP contribution >= 0.6 is 0 Å². The molecule has 0 aromatic heterocycles. The fraction of sp³-hybridized carbons (Fsp3) is 0.600. The van der Waals surface area contributed by atoms with Crippen molar-refractivity contribution in [2.24, 2.45) is 0 Å². The minimum Gasteiger partial charge on any atom is -0.493 e. The van der Waals surface area contributed by atoms with Crippen LogP contribution in [0, 0.1) is 0 Å². The van der Waals surface area contributed by atoms with E-state index in [4.69, 9.17) is 9.47 Å². The summed E-state index contributed by atoms with van der Waals surface area (Å²) in [6, 6.07) is 6.18. The van der Waals surface area contributed by atoms with Crippen LogP contribution in [0.1, 0.15) is 25.8 Å². The lowest BCUT2D eigenvalue weighted by atomic mass is 10.2. The van der Waals surface area contributed by atoms with E-state index in [9.17, 15) is 8.42 Å². The van der Waals surface area contributed by atoms with Gasteiger partial charge in [-0.15, -0.1) is 0 Å². The second-order valence-corrected chi connectivity index (χ2v) is 7.61. The molecule has 1 aromatic carbocycles. The molecule has 0 heterocycles. The van der Waals surface area contributed by atoms with Gasteiger partial charge >= 0.3 is 0 Å². The van der Waals surface area contributed by atoms with E-state index in [1.807, 2.05) is 18.2 Å². The molecule has 0 unspecified atom stereocenters. The summed E-state index contributed by atoms with van der Waals surface area (Å²) in [5.74, 6) is 1.43. The molecule has 0 aliphatic carbocycles. The minimum absolute atomic E-state index is 0.129. The third kappa shape index (κ3) is 7.34. The molecule has 0 aliphatic rings. The van der Waals surface area contributed by atoms with Gasteiger partial charge in [-0.2, -0.15) is 0 Å². The highest BCUT2D eigenvalue weighted by Crippen LogP contribution is 2.28. The number of rotatable bonds is 9. The van der Waals surface area contributed by atoms with Crippen molar-refractivity contribution >= 4 is 9.84 Å². The molecule has 0 bridgehead atoms. The molecule has 0 saturated heterocycles. The number of hydrogen-bond acceptors (Lipinski definition) is 5. The van der Waals surface area contributed by atoms with E-state index in [0.717, 1.165) is 12.1 Å². The maximum atomic E-state index is 11.1.